The molecular weight excluding hydrogens is 352 g/mol. The third-order valence-electron chi connectivity index (χ3n) is 6.16. The van der Waals surface area contributed by atoms with Crippen LogP contribution in [-0.4, -0.2) is 5.11 Å². The lowest BCUT2D eigenvalue weighted by Gasteiger charge is -2.23. The first-order valence-corrected chi connectivity index (χ1v) is 10.5. The summed E-state index contributed by atoms with van der Waals surface area (Å²) in [5.41, 5.74) is 9.61. The van der Waals surface area contributed by atoms with Gasteiger partial charge in [-0.05, 0) is 92.7 Å². The summed E-state index contributed by atoms with van der Waals surface area (Å²) < 4.78 is 0. The van der Waals surface area contributed by atoms with Gasteiger partial charge in [-0.15, -0.1) is 0 Å². The molecule has 0 amide bonds. The van der Waals surface area contributed by atoms with Crippen LogP contribution in [0.25, 0.3) is 5.57 Å². The summed E-state index contributed by atoms with van der Waals surface area (Å²) in [7, 11) is 0. The lowest BCUT2D eigenvalue weighted by atomic mass is 9.82. The van der Waals surface area contributed by atoms with E-state index in [1.54, 1.807) is 0 Å². The topological polar surface area (TPSA) is 20.2 Å². The van der Waals surface area contributed by atoms with Crippen LogP contribution in [0.4, 0.5) is 0 Å². The molecule has 0 heterocycles. The molecule has 29 heavy (non-hydrogen) atoms. The fourth-order valence-electron chi connectivity index (χ4n) is 4.32. The number of fused-ring (bicyclic) bond motifs is 1. The van der Waals surface area contributed by atoms with Crippen LogP contribution in [0.1, 0.15) is 56.4 Å². The number of allylic oxidation sites excluding steroid dienone is 8. The maximum atomic E-state index is 9.93. The Kier molecular flexibility index (Phi) is 7.67. The molecule has 0 aromatic heterocycles. The van der Waals surface area contributed by atoms with Crippen LogP contribution in [-0.2, 0) is 6.42 Å². The van der Waals surface area contributed by atoms with Gasteiger partial charge in [0, 0.05) is 5.57 Å². The van der Waals surface area contributed by atoms with Crippen LogP contribution in [0.2, 0.25) is 0 Å². The van der Waals surface area contributed by atoms with Crippen molar-refractivity contribution >= 4 is 5.57 Å². The highest BCUT2D eigenvalue weighted by molar-refractivity contribution is 5.74. The SMILES string of the molecule is C=C(O)/C(=C/C)C(=C)/C=C1\CC(C)C(/C(C)=C/C=C\C)Cc2cc(C)c(C)cc21. The Labute approximate surface area is 177 Å². The Balaban J connectivity index is 2.61. The van der Waals surface area contributed by atoms with E-state index in [1.165, 1.54) is 33.4 Å². The van der Waals surface area contributed by atoms with E-state index in [-0.39, 0.29) is 5.76 Å². The molecule has 1 aromatic carbocycles. The molecule has 154 valence electrons. The zero-order chi connectivity index (χ0) is 21.7. The van der Waals surface area contributed by atoms with Gasteiger partial charge in [-0.3, -0.25) is 0 Å². The van der Waals surface area contributed by atoms with E-state index in [0.717, 1.165) is 18.4 Å². The number of hydrogen-bond donors (Lipinski definition) is 1. The minimum atomic E-state index is 0.0688. The second kappa shape index (κ2) is 9.78. The van der Waals surface area contributed by atoms with Crippen LogP contribution in [0.15, 0.2) is 78.1 Å². The van der Waals surface area contributed by atoms with Crippen molar-refractivity contribution in [2.75, 3.05) is 0 Å². The number of aryl methyl sites for hydroxylation is 2. The minimum absolute atomic E-state index is 0.0688. The molecule has 0 saturated heterocycles. The van der Waals surface area contributed by atoms with Gasteiger partial charge in [0.1, 0.15) is 5.76 Å². The Morgan fingerprint density at radius 1 is 1.10 bits per heavy atom. The smallest absolute Gasteiger partial charge is 0.115 e. The highest BCUT2D eigenvalue weighted by Crippen LogP contribution is 2.40. The lowest BCUT2D eigenvalue weighted by molar-refractivity contribution is 0.421. The molecule has 1 nitrogen and oxygen atoms in total. The van der Waals surface area contributed by atoms with Crippen molar-refractivity contribution in [3.05, 3.63) is 100 Å². The molecule has 2 unspecified atom stereocenters. The monoisotopic (exact) mass is 388 g/mol. The number of hydrogen-bond acceptors (Lipinski definition) is 1. The van der Waals surface area contributed by atoms with Gasteiger partial charge in [-0.2, -0.15) is 0 Å². The van der Waals surface area contributed by atoms with E-state index in [2.05, 4.69) is 84.2 Å². The van der Waals surface area contributed by atoms with E-state index in [0.29, 0.717) is 17.4 Å². The van der Waals surface area contributed by atoms with Gasteiger partial charge >= 0.3 is 0 Å². The molecule has 0 radical (unpaired) electrons. The summed E-state index contributed by atoms with van der Waals surface area (Å²) in [6, 6.07) is 4.68. The second-order valence-electron chi connectivity index (χ2n) is 8.37. The van der Waals surface area contributed by atoms with E-state index in [4.69, 9.17) is 0 Å². The predicted molar refractivity (Wildman–Crippen MR) is 128 cm³/mol. The van der Waals surface area contributed by atoms with Crippen LogP contribution < -0.4 is 0 Å². The molecule has 0 bridgehead atoms. The lowest BCUT2D eigenvalue weighted by Crippen LogP contribution is -2.14. The molecule has 1 aliphatic carbocycles. The molecule has 1 aliphatic rings. The average Bonchev–Trinajstić information content (AvgIpc) is 2.77. The van der Waals surface area contributed by atoms with Gasteiger partial charge in [0.15, 0.2) is 0 Å². The third kappa shape index (κ3) is 5.29. The molecule has 1 aromatic rings. The van der Waals surface area contributed by atoms with Crippen molar-refractivity contribution in [1.29, 1.82) is 0 Å². The summed E-state index contributed by atoms with van der Waals surface area (Å²) in [6.07, 6.45) is 12.5. The van der Waals surface area contributed by atoms with Crippen molar-refractivity contribution in [1.82, 2.24) is 0 Å². The molecule has 1 heteroatoms. The van der Waals surface area contributed by atoms with E-state index in [9.17, 15) is 5.11 Å². The van der Waals surface area contributed by atoms with Crippen LogP contribution >= 0.6 is 0 Å². The quantitative estimate of drug-likeness (QED) is 0.308. The fraction of sp³-hybridized carbons (Fsp3) is 0.357. The average molecular weight is 389 g/mol. The summed E-state index contributed by atoms with van der Waals surface area (Å²) >= 11 is 0. The number of aliphatic hydroxyl groups is 1. The Bertz CT molecular complexity index is 918. The van der Waals surface area contributed by atoms with Crippen LogP contribution in [0.5, 0.6) is 0 Å². The predicted octanol–water partition coefficient (Wildman–Crippen LogP) is 7.98. The highest BCUT2D eigenvalue weighted by Gasteiger charge is 2.27. The van der Waals surface area contributed by atoms with Gasteiger partial charge in [0.05, 0.1) is 0 Å². The third-order valence-corrected chi connectivity index (χ3v) is 6.16. The zero-order valence-corrected chi connectivity index (χ0v) is 19.0. The van der Waals surface area contributed by atoms with Crippen molar-refractivity contribution in [3.8, 4) is 0 Å². The first kappa shape index (κ1) is 22.7. The van der Waals surface area contributed by atoms with Gasteiger partial charge < -0.3 is 5.11 Å². The van der Waals surface area contributed by atoms with Crippen LogP contribution in [0.3, 0.4) is 0 Å². The first-order chi connectivity index (χ1) is 13.7. The molecule has 0 spiro atoms. The second-order valence-corrected chi connectivity index (χ2v) is 8.37. The molecule has 0 fully saturated rings. The summed E-state index contributed by atoms with van der Waals surface area (Å²) in [6.45, 7) is 20.8. The standard InChI is InChI=1S/C28H36O/c1-9-11-12-18(3)27-17-25-13-19(4)20(5)16-28(25)24(15-22(27)7)14-21(6)26(10-2)23(8)29/h9-14,16,22,27,29H,6,8,15,17H2,1-5,7H3/b11-9-,18-12+,24-14+,26-10+. The Morgan fingerprint density at radius 3 is 2.34 bits per heavy atom. The number of rotatable bonds is 5. The minimum Gasteiger partial charge on any atom is -0.508 e. The van der Waals surface area contributed by atoms with Crippen molar-refractivity contribution in [3.63, 3.8) is 0 Å². The molecule has 2 atom stereocenters. The first-order valence-electron chi connectivity index (χ1n) is 10.5. The maximum absolute atomic E-state index is 9.93. The summed E-state index contributed by atoms with van der Waals surface area (Å²) in [4.78, 5) is 0. The molecule has 2 rings (SSSR count). The normalized spacial score (nSPS) is 21.9. The molecular formula is C28H36O. The number of aliphatic hydroxyl groups excluding tert-OH is 1. The maximum Gasteiger partial charge on any atom is 0.115 e. The van der Waals surface area contributed by atoms with Crippen molar-refractivity contribution < 1.29 is 5.11 Å². The highest BCUT2D eigenvalue weighted by atomic mass is 16.3. The van der Waals surface area contributed by atoms with Crippen molar-refractivity contribution in [2.45, 2.75) is 54.4 Å². The fourth-order valence-corrected chi connectivity index (χ4v) is 4.32. The molecule has 0 saturated carbocycles. The number of benzene rings is 1. The van der Waals surface area contributed by atoms with Gasteiger partial charge in [-0.25, -0.2) is 0 Å². The van der Waals surface area contributed by atoms with E-state index >= 15 is 0 Å². The van der Waals surface area contributed by atoms with Crippen LogP contribution in [0, 0.1) is 25.7 Å². The Hall–Kier alpha value is -2.54. The van der Waals surface area contributed by atoms with Gasteiger partial charge in [0.25, 0.3) is 0 Å². The largest absolute Gasteiger partial charge is 0.508 e. The summed E-state index contributed by atoms with van der Waals surface area (Å²) in [5, 5.41) is 9.93. The van der Waals surface area contributed by atoms with E-state index in [1.807, 2.05) is 13.0 Å². The zero-order valence-electron chi connectivity index (χ0n) is 19.0. The Morgan fingerprint density at radius 2 is 1.76 bits per heavy atom. The summed E-state index contributed by atoms with van der Waals surface area (Å²) in [5.74, 6) is 1.08. The molecule has 1 N–H and O–H groups in total. The van der Waals surface area contributed by atoms with Gasteiger partial charge in [0.2, 0.25) is 0 Å². The van der Waals surface area contributed by atoms with Crippen molar-refractivity contribution in [2.24, 2.45) is 11.8 Å². The van der Waals surface area contributed by atoms with E-state index < -0.39 is 0 Å². The molecule has 0 aliphatic heterocycles. The van der Waals surface area contributed by atoms with Gasteiger partial charge in [-0.1, -0.05) is 68.2 Å².